The van der Waals surface area contributed by atoms with E-state index in [-0.39, 0.29) is 0 Å². The molecule has 2 N–H and O–H groups in total. The van der Waals surface area contributed by atoms with E-state index in [2.05, 4.69) is 11.9 Å². The quantitative estimate of drug-likeness (QED) is 0.689. The van der Waals surface area contributed by atoms with Gasteiger partial charge < -0.3 is 10.3 Å². The maximum absolute atomic E-state index is 5.51. The zero-order valence-corrected chi connectivity index (χ0v) is 7.12. The monoisotopic (exact) mass is 153 g/mol. The fourth-order valence-corrected chi connectivity index (χ4v) is 1.02. The Balaban J connectivity index is 2.56. The summed E-state index contributed by atoms with van der Waals surface area (Å²) < 4.78 is 2.03. The molecule has 0 aliphatic rings. The van der Waals surface area contributed by atoms with E-state index in [0.717, 1.165) is 13.0 Å². The van der Waals surface area contributed by atoms with Crippen LogP contribution in [-0.2, 0) is 13.5 Å². The van der Waals surface area contributed by atoms with E-state index in [1.165, 1.54) is 5.69 Å². The van der Waals surface area contributed by atoms with Gasteiger partial charge in [0.25, 0.3) is 0 Å². The van der Waals surface area contributed by atoms with Crippen molar-refractivity contribution >= 4 is 0 Å². The van der Waals surface area contributed by atoms with Crippen LogP contribution >= 0.6 is 0 Å². The summed E-state index contributed by atoms with van der Waals surface area (Å²) in [5.41, 5.74) is 6.76. The first-order chi connectivity index (χ1) is 5.24. The predicted octanol–water partition coefficient (Wildman–Crippen LogP) is 0.557. The molecule has 1 heterocycles. The van der Waals surface area contributed by atoms with Crippen molar-refractivity contribution in [3.8, 4) is 0 Å². The molecule has 0 saturated carbocycles. The number of aryl methyl sites for hydroxylation is 1. The van der Waals surface area contributed by atoms with E-state index in [1.54, 1.807) is 0 Å². The summed E-state index contributed by atoms with van der Waals surface area (Å²) in [6.45, 7) is 2.89. The fraction of sp³-hybridized carbons (Fsp3) is 0.625. The number of nitrogens with two attached hydrogens (primary N) is 1. The van der Waals surface area contributed by atoms with E-state index in [9.17, 15) is 0 Å². The van der Waals surface area contributed by atoms with Crippen molar-refractivity contribution in [1.29, 1.82) is 0 Å². The van der Waals surface area contributed by atoms with Gasteiger partial charge in [0.1, 0.15) is 0 Å². The molecule has 11 heavy (non-hydrogen) atoms. The van der Waals surface area contributed by atoms with Gasteiger partial charge in [-0.25, -0.2) is 4.98 Å². The van der Waals surface area contributed by atoms with E-state index in [4.69, 9.17) is 5.73 Å². The second kappa shape index (κ2) is 3.53. The smallest absolute Gasteiger partial charge is 0.0945 e. The zero-order valence-electron chi connectivity index (χ0n) is 7.12. The first-order valence-electron chi connectivity index (χ1n) is 3.89. The summed E-state index contributed by atoms with van der Waals surface area (Å²) in [6, 6.07) is 0. The second-order valence-electron chi connectivity index (χ2n) is 3.04. The van der Waals surface area contributed by atoms with Crippen LogP contribution in [0.15, 0.2) is 12.5 Å². The average Bonchev–Trinajstić information content (AvgIpc) is 2.37. The molecule has 0 saturated heterocycles. The lowest BCUT2D eigenvalue weighted by Gasteiger charge is -2.07. The number of nitrogens with zero attached hydrogens (tertiary/aromatic N) is 2. The van der Waals surface area contributed by atoms with Crippen LogP contribution in [0.1, 0.15) is 12.6 Å². The molecule has 0 aliphatic carbocycles. The zero-order chi connectivity index (χ0) is 8.27. The van der Waals surface area contributed by atoms with Gasteiger partial charge in [0.2, 0.25) is 0 Å². The molecule has 1 aromatic heterocycles. The molecular formula is C8H15N3. The molecule has 3 heteroatoms. The Morgan fingerprint density at radius 2 is 2.45 bits per heavy atom. The highest BCUT2D eigenvalue weighted by atomic mass is 15.0. The molecule has 0 aliphatic heterocycles. The minimum atomic E-state index is 0.547. The third kappa shape index (κ3) is 2.05. The van der Waals surface area contributed by atoms with Crippen LogP contribution in [0.4, 0.5) is 0 Å². The lowest BCUT2D eigenvalue weighted by molar-refractivity contribution is 0.571. The van der Waals surface area contributed by atoms with Crippen LogP contribution < -0.4 is 5.73 Å². The number of hydrogen-bond acceptors (Lipinski definition) is 2. The first kappa shape index (κ1) is 8.27. The molecule has 1 aromatic rings. The average molecular weight is 153 g/mol. The Hall–Kier alpha value is -0.830. The molecule has 0 radical (unpaired) electrons. The van der Waals surface area contributed by atoms with Gasteiger partial charge in [-0.1, -0.05) is 6.92 Å². The Labute approximate surface area is 67.2 Å². The normalized spacial score (nSPS) is 13.4. The Morgan fingerprint density at radius 3 is 2.91 bits per heavy atom. The fourth-order valence-electron chi connectivity index (χ4n) is 1.02. The molecule has 0 bridgehead atoms. The van der Waals surface area contributed by atoms with Crippen molar-refractivity contribution in [2.24, 2.45) is 18.7 Å². The second-order valence-corrected chi connectivity index (χ2v) is 3.04. The van der Waals surface area contributed by atoms with Crippen molar-refractivity contribution in [1.82, 2.24) is 9.55 Å². The maximum Gasteiger partial charge on any atom is 0.0945 e. The molecule has 3 nitrogen and oxygen atoms in total. The summed E-state index contributed by atoms with van der Waals surface area (Å²) in [4.78, 5) is 4.03. The molecule has 0 spiro atoms. The summed E-state index contributed by atoms with van der Waals surface area (Å²) in [5, 5.41) is 0. The molecule has 1 atom stereocenters. The van der Waals surface area contributed by atoms with Gasteiger partial charge in [0.15, 0.2) is 0 Å². The van der Waals surface area contributed by atoms with Crippen molar-refractivity contribution in [3.05, 3.63) is 18.2 Å². The molecule has 0 fully saturated rings. The lowest BCUT2D eigenvalue weighted by atomic mass is 10.1. The van der Waals surface area contributed by atoms with E-state index in [1.807, 2.05) is 24.1 Å². The van der Waals surface area contributed by atoms with Crippen molar-refractivity contribution in [3.63, 3.8) is 0 Å². The largest absolute Gasteiger partial charge is 0.338 e. The van der Waals surface area contributed by atoms with E-state index >= 15 is 0 Å². The summed E-state index contributed by atoms with van der Waals surface area (Å²) in [5.74, 6) is 0.547. The van der Waals surface area contributed by atoms with Crippen LogP contribution in [0.2, 0.25) is 0 Å². The summed E-state index contributed by atoms with van der Waals surface area (Å²) in [7, 11) is 2.01. The molecular weight excluding hydrogens is 138 g/mol. The van der Waals surface area contributed by atoms with Crippen LogP contribution in [0.5, 0.6) is 0 Å². The van der Waals surface area contributed by atoms with Gasteiger partial charge in [-0.15, -0.1) is 0 Å². The third-order valence-corrected chi connectivity index (χ3v) is 1.88. The highest BCUT2D eigenvalue weighted by Gasteiger charge is 2.03. The third-order valence-electron chi connectivity index (χ3n) is 1.88. The molecule has 1 rings (SSSR count). The first-order valence-corrected chi connectivity index (χ1v) is 3.89. The summed E-state index contributed by atoms with van der Waals surface area (Å²) in [6.07, 6.45) is 4.73. The SMILES string of the molecule is CC(CN)Cc1cncn1C. The van der Waals surface area contributed by atoms with Crippen molar-refractivity contribution < 1.29 is 0 Å². The molecule has 0 aromatic carbocycles. The van der Waals surface area contributed by atoms with Gasteiger partial charge in [-0.05, 0) is 18.9 Å². The number of hydrogen-bond donors (Lipinski definition) is 1. The Bertz CT molecular complexity index is 217. The summed E-state index contributed by atoms with van der Waals surface area (Å²) >= 11 is 0. The van der Waals surface area contributed by atoms with Crippen LogP contribution in [0.25, 0.3) is 0 Å². The Morgan fingerprint density at radius 1 is 1.73 bits per heavy atom. The number of aromatic nitrogens is 2. The van der Waals surface area contributed by atoms with Gasteiger partial charge in [-0.2, -0.15) is 0 Å². The van der Waals surface area contributed by atoms with Crippen LogP contribution in [0, 0.1) is 5.92 Å². The topological polar surface area (TPSA) is 43.8 Å². The molecule has 1 unspecified atom stereocenters. The minimum Gasteiger partial charge on any atom is -0.338 e. The molecule has 0 amide bonds. The van der Waals surface area contributed by atoms with Gasteiger partial charge in [0.05, 0.1) is 6.33 Å². The Kier molecular flexibility index (Phi) is 2.65. The highest BCUT2D eigenvalue weighted by molar-refractivity contribution is 4.98. The van der Waals surface area contributed by atoms with Crippen molar-refractivity contribution in [2.75, 3.05) is 6.54 Å². The van der Waals surface area contributed by atoms with E-state index < -0.39 is 0 Å². The standard InChI is InChI=1S/C8H15N3/c1-7(4-9)3-8-5-10-6-11(8)2/h5-7H,3-4,9H2,1-2H3. The highest BCUT2D eigenvalue weighted by Crippen LogP contribution is 2.04. The van der Waals surface area contributed by atoms with Gasteiger partial charge in [0, 0.05) is 18.9 Å². The van der Waals surface area contributed by atoms with Crippen LogP contribution in [0.3, 0.4) is 0 Å². The van der Waals surface area contributed by atoms with E-state index in [0.29, 0.717) is 5.92 Å². The van der Waals surface area contributed by atoms with Crippen molar-refractivity contribution in [2.45, 2.75) is 13.3 Å². The predicted molar refractivity (Wildman–Crippen MR) is 45.1 cm³/mol. The maximum atomic E-state index is 5.51. The minimum absolute atomic E-state index is 0.547. The van der Waals surface area contributed by atoms with Gasteiger partial charge >= 0.3 is 0 Å². The lowest BCUT2D eigenvalue weighted by Crippen LogP contribution is -2.14. The number of imidazole rings is 1. The molecule has 62 valence electrons. The number of rotatable bonds is 3. The van der Waals surface area contributed by atoms with Crippen LogP contribution in [-0.4, -0.2) is 16.1 Å². The van der Waals surface area contributed by atoms with Gasteiger partial charge in [-0.3, -0.25) is 0 Å².